The first-order valence-electron chi connectivity index (χ1n) is 6.37. The van der Waals surface area contributed by atoms with Gasteiger partial charge in [0, 0.05) is 18.9 Å². The Morgan fingerprint density at radius 1 is 1.33 bits per heavy atom. The second-order valence-corrected chi connectivity index (χ2v) is 4.96. The van der Waals surface area contributed by atoms with Gasteiger partial charge in [0.15, 0.2) is 5.16 Å². The number of aromatic nitrogens is 8. The monoisotopic (exact) mass is 303 g/mol. The normalized spacial score (nSPS) is 10.7. The molecule has 21 heavy (non-hydrogen) atoms. The number of rotatable bonds is 6. The number of H-pyrrole nitrogens is 1. The van der Waals surface area contributed by atoms with E-state index in [0.29, 0.717) is 22.2 Å². The zero-order valence-electron chi connectivity index (χ0n) is 11.3. The van der Waals surface area contributed by atoms with Gasteiger partial charge in [0.1, 0.15) is 12.7 Å². The number of aromatic amines is 1. The van der Waals surface area contributed by atoms with Crippen molar-refractivity contribution in [1.82, 2.24) is 39.7 Å². The lowest BCUT2D eigenvalue weighted by Gasteiger charge is -2.06. The van der Waals surface area contributed by atoms with Gasteiger partial charge in [-0.1, -0.05) is 6.92 Å². The number of hydrogen-bond donors (Lipinski definition) is 2. The van der Waals surface area contributed by atoms with Crippen LogP contribution in [0.2, 0.25) is 0 Å². The Bertz CT molecular complexity index is 680. The van der Waals surface area contributed by atoms with Crippen molar-refractivity contribution in [3.05, 3.63) is 25.0 Å². The van der Waals surface area contributed by atoms with Gasteiger partial charge in [-0.3, -0.25) is 0 Å². The molecule has 0 aromatic carbocycles. The molecule has 0 aliphatic rings. The van der Waals surface area contributed by atoms with Crippen LogP contribution >= 0.6 is 11.8 Å². The first-order chi connectivity index (χ1) is 10.3. The summed E-state index contributed by atoms with van der Waals surface area (Å²) in [5, 5.41) is 8.43. The van der Waals surface area contributed by atoms with Gasteiger partial charge in [-0.15, -0.1) is 0 Å². The largest absolute Gasteiger partial charge is 0.354 e. The molecule has 0 unspecified atom stereocenters. The molecule has 2 N–H and O–H groups in total. The second kappa shape index (κ2) is 6.31. The summed E-state index contributed by atoms with van der Waals surface area (Å²) in [4.78, 5) is 24.1. The standard InChI is InChI=1S/C11H13N9S/c1-2-3-13-8-17-9(20-7-12-6-16-20)19-11(18-8)21-10-14-4-5-15-10/h4-7H,2-3H2,1H3,(H,14,15)(H,13,17,18,19). The van der Waals surface area contributed by atoms with Gasteiger partial charge < -0.3 is 10.3 Å². The van der Waals surface area contributed by atoms with Crippen molar-refractivity contribution in [3.8, 4) is 5.95 Å². The van der Waals surface area contributed by atoms with Crippen molar-refractivity contribution < 1.29 is 0 Å². The van der Waals surface area contributed by atoms with Crippen LogP contribution in [0.25, 0.3) is 5.95 Å². The molecule has 0 radical (unpaired) electrons. The molecule has 0 atom stereocenters. The highest BCUT2D eigenvalue weighted by atomic mass is 32.2. The molecule has 3 heterocycles. The fourth-order valence-electron chi connectivity index (χ4n) is 1.51. The Morgan fingerprint density at radius 2 is 2.29 bits per heavy atom. The summed E-state index contributed by atoms with van der Waals surface area (Å²) in [7, 11) is 0. The average Bonchev–Trinajstić information content (AvgIpc) is 3.18. The highest BCUT2D eigenvalue weighted by molar-refractivity contribution is 7.99. The van der Waals surface area contributed by atoms with Crippen LogP contribution < -0.4 is 5.32 Å². The third-order valence-electron chi connectivity index (χ3n) is 2.42. The summed E-state index contributed by atoms with van der Waals surface area (Å²) in [5.41, 5.74) is 0. The van der Waals surface area contributed by atoms with Crippen LogP contribution in [0.15, 0.2) is 35.4 Å². The van der Waals surface area contributed by atoms with E-state index in [1.807, 2.05) is 0 Å². The van der Waals surface area contributed by atoms with Crippen LogP contribution in [0.4, 0.5) is 5.95 Å². The smallest absolute Gasteiger partial charge is 0.257 e. The van der Waals surface area contributed by atoms with E-state index < -0.39 is 0 Å². The SMILES string of the molecule is CCCNc1nc(Sc2ncc[nH]2)nc(-n2cncn2)n1. The summed E-state index contributed by atoms with van der Waals surface area (Å²) in [6.45, 7) is 2.86. The van der Waals surface area contributed by atoms with E-state index in [1.54, 1.807) is 18.7 Å². The minimum absolute atomic E-state index is 0.412. The van der Waals surface area contributed by atoms with E-state index in [-0.39, 0.29) is 0 Å². The molecule has 0 amide bonds. The van der Waals surface area contributed by atoms with Crippen molar-refractivity contribution in [2.75, 3.05) is 11.9 Å². The van der Waals surface area contributed by atoms with E-state index in [9.17, 15) is 0 Å². The maximum absolute atomic E-state index is 4.36. The summed E-state index contributed by atoms with van der Waals surface area (Å²) < 4.78 is 1.49. The molecule has 3 aromatic rings. The van der Waals surface area contributed by atoms with Crippen LogP contribution in [0, 0.1) is 0 Å². The molecule has 0 saturated carbocycles. The molecule has 0 saturated heterocycles. The average molecular weight is 303 g/mol. The lowest BCUT2D eigenvalue weighted by molar-refractivity contribution is 0.755. The van der Waals surface area contributed by atoms with Crippen molar-refractivity contribution in [1.29, 1.82) is 0 Å². The van der Waals surface area contributed by atoms with Gasteiger partial charge in [0.2, 0.25) is 11.1 Å². The maximum Gasteiger partial charge on any atom is 0.257 e. The third-order valence-corrected chi connectivity index (χ3v) is 3.20. The van der Waals surface area contributed by atoms with Crippen molar-refractivity contribution in [3.63, 3.8) is 0 Å². The van der Waals surface area contributed by atoms with Crippen LogP contribution in [-0.2, 0) is 0 Å². The Morgan fingerprint density at radius 3 is 3.00 bits per heavy atom. The van der Waals surface area contributed by atoms with Crippen LogP contribution in [-0.4, -0.2) is 46.2 Å². The molecular formula is C11H13N9S. The zero-order chi connectivity index (χ0) is 14.5. The minimum atomic E-state index is 0.412. The summed E-state index contributed by atoms with van der Waals surface area (Å²) in [5.74, 6) is 0.918. The molecule has 9 nitrogen and oxygen atoms in total. The molecule has 0 aliphatic carbocycles. The van der Waals surface area contributed by atoms with Crippen LogP contribution in [0.1, 0.15) is 13.3 Å². The Balaban J connectivity index is 1.92. The van der Waals surface area contributed by atoms with Crippen molar-refractivity contribution >= 4 is 17.7 Å². The lowest BCUT2D eigenvalue weighted by Crippen LogP contribution is -2.10. The van der Waals surface area contributed by atoms with Gasteiger partial charge in [0.25, 0.3) is 5.95 Å². The van der Waals surface area contributed by atoms with Gasteiger partial charge >= 0.3 is 0 Å². The summed E-state index contributed by atoms with van der Waals surface area (Å²) >= 11 is 1.32. The quantitative estimate of drug-likeness (QED) is 0.697. The summed E-state index contributed by atoms with van der Waals surface area (Å²) in [6.07, 6.45) is 7.38. The highest BCUT2D eigenvalue weighted by Crippen LogP contribution is 2.21. The Kier molecular flexibility index (Phi) is 4.05. The molecule has 0 fully saturated rings. The highest BCUT2D eigenvalue weighted by Gasteiger charge is 2.10. The van der Waals surface area contributed by atoms with E-state index in [1.165, 1.54) is 22.8 Å². The van der Waals surface area contributed by atoms with Crippen molar-refractivity contribution in [2.24, 2.45) is 0 Å². The molecule has 10 heteroatoms. The third kappa shape index (κ3) is 3.34. The molecule has 0 spiro atoms. The van der Waals surface area contributed by atoms with E-state index >= 15 is 0 Å². The molecule has 3 aromatic heterocycles. The minimum Gasteiger partial charge on any atom is -0.354 e. The van der Waals surface area contributed by atoms with Gasteiger partial charge in [-0.2, -0.15) is 24.7 Å². The molecule has 3 rings (SSSR count). The van der Waals surface area contributed by atoms with Crippen molar-refractivity contribution in [2.45, 2.75) is 23.7 Å². The number of anilines is 1. The Labute approximate surface area is 124 Å². The fourth-order valence-corrected chi connectivity index (χ4v) is 2.19. The topological polar surface area (TPSA) is 110 Å². The van der Waals surface area contributed by atoms with Gasteiger partial charge in [-0.25, -0.2) is 9.97 Å². The van der Waals surface area contributed by atoms with E-state index in [4.69, 9.17) is 0 Å². The first-order valence-corrected chi connectivity index (χ1v) is 7.19. The van der Waals surface area contributed by atoms with Gasteiger partial charge in [-0.05, 0) is 18.2 Å². The number of imidazole rings is 1. The lowest BCUT2D eigenvalue weighted by atomic mass is 10.5. The Hall–Kier alpha value is -2.49. The van der Waals surface area contributed by atoms with Crippen LogP contribution in [0.5, 0.6) is 0 Å². The zero-order valence-corrected chi connectivity index (χ0v) is 12.1. The predicted octanol–water partition coefficient (Wildman–Crippen LogP) is 1.15. The van der Waals surface area contributed by atoms with Crippen LogP contribution in [0.3, 0.4) is 0 Å². The number of nitrogens with zero attached hydrogens (tertiary/aromatic N) is 7. The van der Waals surface area contributed by atoms with E-state index in [0.717, 1.165) is 13.0 Å². The fraction of sp³-hybridized carbons (Fsp3) is 0.273. The number of nitrogens with one attached hydrogen (secondary N) is 2. The molecule has 0 bridgehead atoms. The summed E-state index contributed by atoms with van der Waals surface area (Å²) in [6, 6.07) is 0. The molecule has 108 valence electrons. The first kappa shape index (κ1) is 13.5. The number of hydrogen-bond acceptors (Lipinski definition) is 8. The second-order valence-electron chi connectivity index (χ2n) is 4.00. The molecular weight excluding hydrogens is 290 g/mol. The predicted molar refractivity (Wildman–Crippen MR) is 76.2 cm³/mol. The van der Waals surface area contributed by atoms with E-state index in [2.05, 4.69) is 47.2 Å². The van der Waals surface area contributed by atoms with Gasteiger partial charge in [0.05, 0.1) is 0 Å². The molecule has 0 aliphatic heterocycles. The maximum atomic E-state index is 4.36.